The number of hydrogen-bond acceptors (Lipinski definition) is 3. The number of pyridine rings is 1. The Kier molecular flexibility index (Phi) is 7.74. The van der Waals surface area contributed by atoms with Crippen molar-refractivity contribution in [1.29, 1.82) is 0 Å². The molecule has 3 heterocycles. The Morgan fingerprint density at radius 2 is 1.85 bits per heavy atom. The van der Waals surface area contributed by atoms with E-state index in [1.165, 1.54) is 46.2 Å². The minimum atomic E-state index is 0.832. The van der Waals surface area contributed by atoms with Crippen molar-refractivity contribution in [1.82, 2.24) is 25.1 Å². The smallest absolute Gasteiger partial charge is 0.135 e. The Hall–Kier alpha value is -4.38. The van der Waals surface area contributed by atoms with Gasteiger partial charge in [-0.2, -0.15) is 5.10 Å². The number of aryl methyl sites for hydroxylation is 3. The lowest BCUT2D eigenvalue weighted by Gasteiger charge is -2.14. The standard InChI is InChI=1S/C35H39N5/c1-8-11-15-29(27-17-16-25-13-12-14-26(25)20-27)32-22(4)33(36-23(32)5)35-34-31(38-39-35)19-18-30(37-34)24(9-2)21-28(10-3)40(6)7/h8-11,15-21,36H,3,12-14H2,1-2,4-7H3,(H,38,39)/b11-8-,24-9+,28-21+,29-15-. The molecular weight excluding hydrogens is 490 g/mol. The fraction of sp³-hybridized carbons (Fsp3) is 0.257. The zero-order valence-corrected chi connectivity index (χ0v) is 24.5. The molecule has 0 aliphatic heterocycles. The maximum absolute atomic E-state index is 5.10. The second-order valence-corrected chi connectivity index (χ2v) is 10.6. The number of allylic oxidation sites excluding steroid dienone is 7. The van der Waals surface area contributed by atoms with Crippen LogP contribution in [0.2, 0.25) is 0 Å². The highest BCUT2D eigenvalue weighted by atomic mass is 15.1. The highest BCUT2D eigenvalue weighted by Crippen LogP contribution is 2.38. The van der Waals surface area contributed by atoms with Crippen molar-refractivity contribution in [2.75, 3.05) is 14.1 Å². The van der Waals surface area contributed by atoms with Gasteiger partial charge in [-0.05, 0) is 105 Å². The highest BCUT2D eigenvalue weighted by molar-refractivity contribution is 5.94. The van der Waals surface area contributed by atoms with Crippen LogP contribution in [0.25, 0.3) is 33.6 Å². The van der Waals surface area contributed by atoms with Gasteiger partial charge >= 0.3 is 0 Å². The lowest BCUT2D eigenvalue weighted by Crippen LogP contribution is -2.09. The van der Waals surface area contributed by atoms with E-state index in [1.807, 2.05) is 38.1 Å². The Morgan fingerprint density at radius 3 is 2.58 bits per heavy atom. The molecule has 0 radical (unpaired) electrons. The molecular formula is C35H39N5. The molecule has 0 bridgehead atoms. The predicted octanol–water partition coefficient (Wildman–Crippen LogP) is 8.10. The van der Waals surface area contributed by atoms with Gasteiger partial charge in [-0.1, -0.05) is 49.1 Å². The molecule has 4 aromatic rings. The minimum absolute atomic E-state index is 0.832. The molecule has 5 rings (SSSR count). The molecule has 40 heavy (non-hydrogen) atoms. The van der Waals surface area contributed by atoms with Crippen LogP contribution in [-0.4, -0.2) is 39.2 Å². The summed E-state index contributed by atoms with van der Waals surface area (Å²) in [6.45, 7) is 12.4. The monoisotopic (exact) mass is 529 g/mol. The van der Waals surface area contributed by atoms with Gasteiger partial charge in [0.15, 0.2) is 0 Å². The fourth-order valence-electron chi connectivity index (χ4n) is 5.72. The second-order valence-electron chi connectivity index (χ2n) is 10.6. The molecule has 0 amide bonds. The van der Waals surface area contributed by atoms with E-state index in [1.54, 1.807) is 0 Å². The molecule has 204 valence electrons. The van der Waals surface area contributed by atoms with Crippen molar-refractivity contribution in [2.45, 2.75) is 47.0 Å². The molecule has 1 aromatic carbocycles. The third-order valence-corrected chi connectivity index (χ3v) is 7.85. The summed E-state index contributed by atoms with van der Waals surface area (Å²) >= 11 is 0. The minimum Gasteiger partial charge on any atom is -0.378 e. The molecule has 0 atom stereocenters. The van der Waals surface area contributed by atoms with E-state index in [4.69, 9.17) is 10.1 Å². The van der Waals surface area contributed by atoms with Crippen molar-refractivity contribution in [3.05, 3.63) is 118 Å². The zero-order valence-electron chi connectivity index (χ0n) is 24.5. The Morgan fingerprint density at radius 1 is 1.05 bits per heavy atom. The number of rotatable bonds is 8. The number of hydrogen-bond donors (Lipinski definition) is 2. The van der Waals surface area contributed by atoms with Crippen LogP contribution in [0, 0.1) is 13.8 Å². The van der Waals surface area contributed by atoms with Gasteiger partial charge in [0.2, 0.25) is 0 Å². The Bertz CT molecular complexity index is 1700. The van der Waals surface area contributed by atoms with E-state index in [0.717, 1.165) is 51.5 Å². The van der Waals surface area contributed by atoms with Gasteiger partial charge in [0, 0.05) is 31.0 Å². The molecule has 0 saturated carbocycles. The molecule has 1 aliphatic rings. The van der Waals surface area contributed by atoms with Gasteiger partial charge in [-0.15, -0.1) is 0 Å². The number of fused-ring (bicyclic) bond motifs is 2. The van der Waals surface area contributed by atoms with Crippen LogP contribution >= 0.6 is 0 Å². The third kappa shape index (κ3) is 5.00. The van der Waals surface area contributed by atoms with Crippen LogP contribution < -0.4 is 0 Å². The lowest BCUT2D eigenvalue weighted by atomic mass is 9.92. The quantitative estimate of drug-likeness (QED) is 0.227. The van der Waals surface area contributed by atoms with Crippen LogP contribution in [0.4, 0.5) is 0 Å². The number of benzene rings is 1. The summed E-state index contributed by atoms with van der Waals surface area (Å²) in [6.07, 6.45) is 16.1. The first kappa shape index (κ1) is 27.2. The first-order valence-corrected chi connectivity index (χ1v) is 14.0. The number of aromatic amines is 2. The van der Waals surface area contributed by atoms with E-state index in [0.29, 0.717) is 0 Å². The SMILES string of the molecule is C=C/C(=C\C(=C/C)c1ccc2[nH]nc(-c3[nH]c(C)c(/C(=C\C=C/C)c4ccc5c(c4)CCC5)c3C)c2n1)N(C)C. The maximum atomic E-state index is 5.10. The van der Waals surface area contributed by atoms with Crippen molar-refractivity contribution in [3.63, 3.8) is 0 Å². The van der Waals surface area contributed by atoms with Crippen molar-refractivity contribution >= 4 is 22.2 Å². The van der Waals surface area contributed by atoms with Crippen LogP contribution in [0.3, 0.4) is 0 Å². The van der Waals surface area contributed by atoms with E-state index in [-0.39, 0.29) is 0 Å². The van der Waals surface area contributed by atoms with Crippen molar-refractivity contribution < 1.29 is 0 Å². The van der Waals surface area contributed by atoms with E-state index in [9.17, 15) is 0 Å². The maximum Gasteiger partial charge on any atom is 0.135 e. The van der Waals surface area contributed by atoms with Gasteiger partial charge in [0.05, 0.1) is 16.9 Å². The number of aromatic nitrogens is 4. The van der Waals surface area contributed by atoms with Crippen LogP contribution in [0.5, 0.6) is 0 Å². The summed E-state index contributed by atoms with van der Waals surface area (Å²) in [5.74, 6) is 0. The lowest BCUT2D eigenvalue weighted by molar-refractivity contribution is 0.530. The zero-order chi connectivity index (χ0) is 28.4. The summed E-state index contributed by atoms with van der Waals surface area (Å²) < 4.78 is 0. The largest absolute Gasteiger partial charge is 0.378 e. The highest BCUT2D eigenvalue weighted by Gasteiger charge is 2.22. The summed E-state index contributed by atoms with van der Waals surface area (Å²) in [5.41, 5.74) is 15.5. The molecule has 0 unspecified atom stereocenters. The van der Waals surface area contributed by atoms with Gasteiger partial charge < -0.3 is 9.88 Å². The molecule has 3 aromatic heterocycles. The first-order valence-electron chi connectivity index (χ1n) is 14.0. The summed E-state index contributed by atoms with van der Waals surface area (Å²) in [4.78, 5) is 10.8. The molecule has 5 heteroatoms. The Labute approximate surface area is 237 Å². The van der Waals surface area contributed by atoms with Gasteiger partial charge in [-0.25, -0.2) is 4.98 Å². The summed E-state index contributed by atoms with van der Waals surface area (Å²) in [7, 11) is 4.03. The van der Waals surface area contributed by atoms with Gasteiger partial charge in [-0.3, -0.25) is 5.10 Å². The predicted molar refractivity (Wildman–Crippen MR) is 169 cm³/mol. The third-order valence-electron chi connectivity index (χ3n) is 7.85. The first-order chi connectivity index (χ1) is 19.4. The van der Waals surface area contributed by atoms with Crippen LogP contribution in [0.1, 0.15) is 59.5 Å². The van der Waals surface area contributed by atoms with E-state index < -0.39 is 0 Å². The molecule has 0 spiro atoms. The average molecular weight is 530 g/mol. The number of likely N-dealkylation sites (N-methyl/N-ethyl adjacent to an activating group) is 1. The van der Waals surface area contributed by atoms with Crippen molar-refractivity contribution in [2.24, 2.45) is 0 Å². The molecule has 0 fully saturated rings. The van der Waals surface area contributed by atoms with Gasteiger partial charge in [0.25, 0.3) is 0 Å². The number of H-pyrrole nitrogens is 2. The second kappa shape index (κ2) is 11.4. The van der Waals surface area contributed by atoms with Crippen molar-refractivity contribution in [3.8, 4) is 11.4 Å². The normalized spacial score (nSPS) is 14.4. The molecule has 1 aliphatic carbocycles. The molecule has 2 N–H and O–H groups in total. The van der Waals surface area contributed by atoms with Crippen LogP contribution in [0.15, 0.2) is 79.1 Å². The molecule has 5 nitrogen and oxygen atoms in total. The number of nitrogens with zero attached hydrogens (tertiary/aromatic N) is 3. The average Bonchev–Trinajstić information content (AvgIpc) is 3.66. The van der Waals surface area contributed by atoms with E-state index >= 15 is 0 Å². The molecule has 0 saturated heterocycles. The summed E-state index contributed by atoms with van der Waals surface area (Å²) in [5, 5.41) is 7.95. The fourth-order valence-corrected chi connectivity index (χ4v) is 5.72. The summed E-state index contributed by atoms with van der Waals surface area (Å²) in [6, 6.07) is 11.1. The Balaban J connectivity index is 1.62. The topological polar surface area (TPSA) is 60.6 Å². The number of nitrogens with one attached hydrogen (secondary N) is 2. The van der Waals surface area contributed by atoms with Crippen LogP contribution in [-0.2, 0) is 12.8 Å². The van der Waals surface area contributed by atoms with E-state index in [2.05, 4.69) is 92.1 Å². The van der Waals surface area contributed by atoms with Gasteiger partial charge in [0.1, 0.15) is 11.2 Å².